The van der Waals surface area contributed by atoms with E-state index < -0.39 is 18.0 Å². The molecule has 0 radical (unpaired) electrons. The number of esters is 1. The normalized spacial score (nSPS) is 21.0. The van der Waals surface area contributed by atoms with E-state index in [0.717, 1.165) is 25.7 Å². The van der Waals surface area contributed by atoms with Crippen molar-refractivity contribution >= 4 is 23.5 Å². The molecule has 2 fully saturated rings. The van der Waals surface area contributed by atoms with Crippen LogP contribution in [-0.4, -0.2) is 55.5 Å². The van der Waals surface area contributed by atoms with Crippen LogP contribution in [-0.2, 0) is 19.1 Å². The van der Waals surface area contributed by atoms with Crippen molar-refractivity contribution < 1.29 is 23.9 Å². The van der Waals surface area contributed by atoms with E-state index in [1.54, 1.807) is 43.0 Å². The van der Waals surface area contributed by atoms with E-state index in [1.165, 1.54) is 6.42 Å². The number of nitrogens with zero attached hydrogens (tertiary/aromatic N) is 2. The number of carbonyl (C=O) groups is 3. The molecule has 29 heavy (non-hydrogen) atoms. The summed E-state index contributed by atoms with van der Waals surface area (Å²) in [5.74, 6) is -0.866. The number of para-hydroxylation sites is 2. The molecule has 158 valence electrons. The van der Waals surface area contributed by atoms with Crippen molar-refractivity contribution in [2.75, 3.05) is 25.6 Å². The van der Waals surface area contributed by atoms with Gasteiger partial charge in [0.15, 0.2) is 6.10 Å². The highest BCUT2D eigenvalue weighted by molar-refractivity contribution is 6.00. The van der Waals surface area contributed by atoms with Crippen LogP contribution in [0.25, 0.3) is 0 Å². The van der Waals surface area contributed by atoms with Crippen LogP contribution in [0.15, 0.2) is 24.3 Å². The number of carbonyl (C=O) groups excluding carboxylic acids is 3. The van der Waals surface area contributed by atoms with E-state index in [9.17, 15) is 14.4 Å². The Kier molecular flexibility index (Phi) is 6.77. The van der Waals surface area contributed by atoms with Crippen LogP contribution in [0.2, 0.25) is 0 Å². The first-order valence-corrected chi connectivity index (χ1v) is 10.3. The number of anilines is 1. The summed E-state index contributed by atoms with van der Waals surface area (Å²) in [7, 11) is 3.33. The van der Waals surface area contributed by atoms with Crippen LogP contribution in [0.5, 0.6) is 5.75 Å². The zero-order valence-electron chi connectivity index (χ0n) is 17.4. The fraction of sp³-hybridized carbons (Fsp3) is 0.591. The topological polar surface area (TPSA) is 76.2 Å². The van der Waals surface area contributed by atoms with Gasteiger partial charge >= 0.3 is 5.97 Å². The minimum absolute atomic E-state index is 0.0657. The molecule has 2 atom stereocenters. The second kappa shape index (κ2) is 9.29. The number of hydrogen-bond acceptors (Lipinski definition) is 5. The molecule has 0 unspecified atom stereocenters. The predicted molar refractivity (Wildman–Crippen MR) is 109 cm³/mol. The van der Waals surface area contributed by atoms with Crippen LogP contribution in [0.4, 0.5) is 5.69 Å². The maximum atomic E-state index is 12.7. The molecule has 1 saturated carbocycles. The molecule has 1 heterocycles. The zero-order chi connectivity index (χ0) is 21.0. The van der Waals surface area contributed by atoms with Gasteiger partial charge in [-0.3, -0.25) is 14.4 Å². The van der Waals surface area contributed by atoms with Crippen molar-refractivity contribution in [3.8, 4) is 5.75 Å². The minimum Gasteiger partial charge on any atom is -0.495 e. The van der Waals surface area contributed by atoms with Gasteiger partial charge in [0.25, 0.3) is 5.91 Å². The molecule has 7 nitrogen and oxygen atoms in total. The minimum atomic E-state index is -0.857. The standard InChI is InChI=1S/C22H30N2O5/c1-15(21(26)23(2)17-9-5-4-6-10-17)29-22(27)16-13-20(25)24(14-16)18-11-7-8-12-19(18)28-3/h7-8,11-12,15-17H,4-6,9-10,13-14H2,1-3H3/t15-,16-/m0/s1. The molecule has 0 spiro atoms. The number of ether oxygens (including phenoxy) is 2. The fourth-order valence-electron chi connectivity index (χ4n) is 4.21. The third-order valence-electron chi connectivity index (χ3n) is 5.95. The van der Waals surface area contributed by atoms with Gasteiger partial charge in [-0.05, 0) is 31.9 Å². The predicted octanol–water partition coefficient (Wildman–Crippen LogP) is 2.77. The molecule has 0 N–H and O–H groups in total. The van der Waals surface area contributed by atoms with Crippen LogP contribution < -0.4 is 9.64 Å². The highest BCUT2D eigenvalue weighted by Crippen LogP contribution is 2.33. The van der Waals surface area contributed by atoms with Crippen molar-refractivity contribution in [2.24, 2.45) is 5.92 Å². The maximum absolute atomic E-state index is 12.7. The van der Waals surface area contributed by atoms with Crippen molar-refractivity contribution in [3.05, 3.63) is 24.3 Å². The van der Waals surface area contributed by atoms with Gasteiger partial charge in [-0.1, -0.05) is 31.4 Å². The molecular weight excluding hydrogens is 372 g/mol. The third kappa shape index (κ3) is 4.71. The second-order valence-electron chi connectivity index (χ2n) is 7.90. The lowest BCUT2D eigenvalue weighted by Crippen LogP contribution is -2.44. The monoisotopic (exact) mass is 402 g/mol. The Labute approximate surface area is 171 Å². The summed E-state index contributed by atoms with van der Waals surface area (Å²) in [5, 5.41) is 0. The van der Waals surface area contributed by atoms with E-state index >= 15 is 0 Å². The summed E-state index contributed by atoms with van der Waals surface area (Å²) in [6.07, 6.45) is 4.66. The van der Waals surface area contributed by atoms with Crippen LogP contribution in [0.3, 0.4) is 0 Å². The molecule has 0 aromatic heterocycles. The first-order chi connectivity index (χ1) is 13.9. The Balaban J connectivity index is 1.59. The fourth-order valence-corrected chi connectivity index (χ4v) is 4.21. The summed E-state index contributed by atoms with van der Waals surface area (Å²) < 4.78 is 10.8. The van der Waals surface area contributed by atoms with Gasteiger partial charge in [-0.2, -0.15) is 0 Å². The molecule has 7 heteroatoms. The van der Waals surface area contributed by atoms with Gasteiger partial charge in [-0.25, -0.2) is 0 Å². The van der Waals surface area contributed by atoms with Crippen LogP contribution in [0, 0.1) is 5.92 Å². The van der Waals surface area contributed by atoms with Crippen molar-refractivity contribution in [1.82, 2.24) is 4.90 Å². The number of hydrogen-bond donors (Lipinski definition) is 0. The molecule has 1 aliphatic heterocycles. The Morgan fingerprint density at radius 3 is 2.55 bits per heavy atom. The van der Waals surface area contributed by atoms with E-state index in [1.807, 2.05) is 12.1 Å². The first kappa shape index (κ1) is 21.1. The van der Waals surface area contributed by atoms with E-state index in [2.05, 4.69) is 0 Å². The van der Waals surface area contributed by atoms with Crippen molar-refractivity contribution in [3.63, 3.8) is 0 Å². The Bertz CT molecular complexity index is 759. The largest absolute Gasteiger partial charge is 0.495 e. The molecular formula is C22H30N2O5. The van der Waals surface area contributed by atoms with Gasteiger partial charge in [0.05, 0.1) is 18.7 Å². The van der Waals surface area contributed by atoms with Crippen LogP contribution >= 0.6 is 0 Å². The van der Waals surface area contributed by atoms with Gasteiger partial charge in [0.2, 0.25) is 5.91 Å². The molecule has 1 aromatic rings. The molecule has 1 aromatic carbocycles. The van der Waals surface area contributed by atoms with Crippen LogP contribution in [0.1, 0.15) is 45.4 Å². The molecule has 3 rings (SSSR count). The zero-order valence-corrected chi connectivity index (χ0v) is 17.4. The summed E-state index contributed by atoms with van der Waals surface area (Å²) in [5.41, 5.74) is 0.636. The summed E-state index contributed by atoms with van der Waals surface area (Å²) in [6, 6.07) is 7.42. The second-order valence-corrected chi connectivity index (χ2v) is 7.90. The number of benzene rings is 1. The van der Waals surface area contributed by atoms with Gasteiger partial charge in [-0.15, -0.1) is 0 Å². The van der Waals surface area contributed by atoms with E-state index in [-0.39, 0.29) is 30.8 Å². The molecule has 2 amide bonds. The average Bonchev–Trinajstić information content (AvgIpc) is 3.14. The lowest BCUT2D eigenvalue weighted by atomic mass is 9.94. The molecule has 2 aliphatic rings. The maximum Gasteiger partial charge on any atom is 0.312 e. The van der Waals surface area contributed by atoms with Gasteiger partial charge in [0.1, 0.15) is 5.75 Å². The Morgan fingerprint density at radius 2 is 1.86 bits per heavy atom. The quantitative estimate of drug-likeness (QED) is 0.684. The highest BCUT2D eigenvalue weighted by Gasteiger charge is 2.38. The van der Waals surface area contributed by atoms with Gasteiger partial charge < -0.3 is 19.3 Å². The number of amides is 2. The van der Waals surface area contributed by atoms with E-state index in [0.29, 0.717) is 11.4 Å². The summed E-state index contributed by atoms with van der Waals surface area (Å²) in [6.45, 7) is 1.83. The lowest BCUT2D eigenvalue weighted by molar-refractivity contribution is -0.162. The third-order valence-corrected chi connectivity index (χ3v) is 5.95. The van der Waals surface area contributed by atoms with E-state index in [4.69, 9.17) is 9.47 Å². The number of methoxy groups -OCH3 is 1. The number of rotatable bonds is 6. The SMILES string of the molecule is COc1ccccc1N1C[C@@H](C(=O)O[C@@H](C)C(=O)N(C)C2CCCCC2)CC1=O. The Morgan fingerprint density at radius 1 is 1.17 bits per heavy atom. The summed E-state index contributed by atoms with van der Waals surface area (Å²) in [4.78, 5) is 41.1. The highest BCUT2D eigenvalue weighted by atomic mass is 16.5. The Hall–Kier alpha value is -2.57. The average molecular weight is 402 g/mol. The smallest absolute Gasteiger partial charge is 0.312 e. The number of likely N-dealkylation sites (N-methyl/N-ethyl adjacent to an activating group) is 1. The van der Waals surface area contributed by atoms with Crippen molar-refractivity contribution in [1.29, 1.82) is 0 Å². The molecule has 0 bridgehead atoms. The first-order valence-electron chi connectivity index (χ1n) is 10.3. The molecule has 1 saturated heterocycles. The van der Waals surface area contributed by atoms with Gasteiger partial charge in [0, 0.05) is 26.1 Å². The summed E-state index contributed by atoms with van der Waals surface area (Å²) >= 11 is 0. The van der Waals surface area contributed by atoms with Crippen molar-refractivity contribution in [2.45, 2.75) is 57.6 Å². The molecule has 1 aliphatic carbocycles. The lowest BCUT2D eigenvalue weighted by Gasteiger charge is -2.32.